The molecule has 1 amide bonds. The number of ether oxygens (including phenoxy) is 2. The number of esters is 1. The number of para-hydroxylation sites is 2. The summed E-state index contributed by atoms with van der Waals surface area (Å²) >= 11 is 0. The Morgan fingerprint density at radius 2 is 1.88 bits per heavy atom. The van der Waals surface area contributed by atoms with Crippen LogP contribution < -0.4 is 10.1 Å². The number of benzene rings is 2. The number of carbonyl (C=O) groups is 2. The van der Waals surface area contributed by atoms with Gasteiger partial charge in [0.2, 0.25) is 5.91 Å². The van der Waals surface area contributed by atoms with E-state index in [1.807, 2.05) is 0 Å². The van der Waals surface area contributed by atoms with E-state index in [0.29, 0.717) is 11.4 Å². The first-order valence-corrected chi connectivity index (χ1v) is 9.30. The van der Waals surface area contributed by atoms with Crippen molar-refractivity contribution in [2.75, 3.05) is 12.4 Å². The first kappa shape index (κ1) is 22.8. The summed E-state index contributed by atoms with van der Waals surface area (Å²) in [7, 11) is 1.48. The van der Waals surface area contributed by atoms with Crippen molar-refractivity contribution in [3.05, 3.63) is 71.4 Å². The van der Waals surface area contributed by atoms with Crippen LogP contribution in [0.25, 0.3) is 0 Å². The Labute approximate surface area is 180 Å². The van der Waals surface area contributed by atoms with Crippen molar-refractivity contribution in [3.63, 3.8) is 0 Å². The third-order valence-electron chi connectivity index (χ3n) is 4.17. The van der Waals surface area contributed by atoms with Gasteiger partial charge in [0, 0.05) is 0 Å². The lowest BCUT2D eigenvalue weighted by atomic mass is 10.1. The molecule has 168 valence electrons. The highest BCUT2D eigenvalue weighted by Crippen LogP contribution is 2.29. The maximum absolute atomic E-state index is 12.7. The second kappa shape index (κ2) is 9.94. The summed E-state index contributed by atoms with van der Waals surface area (Å²) in [5.74, 6) is -0.674. The van der Waals surface area contributed by atoms with Crippen LogP contribution in [0.2, 0.25) is 0 Å². The summed E-state index contributed by atoms with van der Waals surface area (Å²) in [5, 5.41) is 6.31. The van der Waals surface area contributed by atoms with Crippen LogP contribution in [0.1, 0.15) is 22.8 Å². The lowest BCUT2D eigenvalue weighted by Gasteiger charge is -2.08. The summed E-state index contributed by atoms with van der Waals surface area (Å²) in [6.07, 6.45) is -5.05. The molecule has 1 N–H and O–H groups in total. The normalized spacial score (nSPS) is 11.1. The molecule has 0 unspecified atom stereocenters. The van der Waals surface area contributed by atoms with Crippen LogP contribution in [0.4, 0.5) is 18.9 Å². The fraction of sp³-hybridized carbons (Fsp3) is 0.238. The van der Waals surface area contributed by atoms with Crippen LogP contribution in [0.15, 0.2) is 53.1 Å². The third kappa shape index (κ3) is 6.30. The number of nitrogens with one attached hydrogen (secondary N) is 1. The van der Waals surface area contributed by atoms with Crippen molar-refractivity contribution in [1.82, 2.24) is 10.1 Å². The van der Waals surface area contributed by atoms with Crippen LogP contribution in [0.3, 0.4) is 0 Å². The van der Waals surface area contributed by atoms with Gasteiger partial charge in [-0.15, -0.1) is 0 Å². The van der Waals surface area contributed by atoms with E-state index in [2.05, 4.69) is 15.5 Å². The molecule has 2 aromatic carbocycles. The van der Waals surface area contributed by atoms with Crippen molar-refractivity contribution >= 4 is 17.6 Å². The minimum atomic E-state index is -4.50. The van der Waals surface area contributed by atoms with Crippen molar-refractivity contribution in [2.45, 2.75) is 25.6 Å². The number of anilines is 1. The van der Waals surface area contributed by atoms with Gasteiger partial charge in [-0.1, -0.05) is 35.5 Å². The molecule has 8 nitrogen and oxygen atoms in total. The van der Waals surface area contributed by atoms with Crippen LogP contribution in [-0.2, 0) is 40.0 Å². The zero-order valence-electron chi connectivity index (χ0n) is 16.8. The molecule has 0 atom stereocenters. The molecule has 0 saturated carbocycles. The van der Waals surface area contributed by atoms with E-state index in [1.54, 1.807) is 24.3 Å². The molecule has 11 heteroatoms. The number of nitrogens with zero attached hydrogens (tertiary/aromatic N) is 2. The highest BCUT2D eigenvalue weighted by atomic mass is 19.4. The van der Waals surface area contributed by atoms with Crippen LogP contribution >= 0.6 is 0 Å². The zero-order valence-corrected chi connectivity index (χ0v) is 16.8. The van der Waals surface area contributed by atoms with Gasteiger partial charge >= 0.3 is 12.1 Å². The molecule has 3 rings (SSSR count). The summed E-state index contributed by atoms with van der Waals surface area (Å²) in [4.78, 5) is 28.1. The molecule has 0 radical (unpaired) electrons. The predicted octanol–water partition coefficient (Wildman–Crippen LogP) is 3.56. The lowest BCUT2D eigenvalue weighted by molar-refractivity contribution is -0.145. The van der Waals surface area contributed by atoms with E-state index in [0.717, 1.165) is 12.1 Å². The Morgan fingerprint density at radius 1 is 1.09 bits per heavy atom. The average Bonchev–Trinajstić information content (AvgIpc) is 3.19. The second-order valence-corrected chi connectivity index (χ2v) is 6.57. The molecule has 0 saturated heterocycles. The van der Waals surface area contributed by atoms with E-state index in [4.69, 9.17) is 14.0 Å². The molecule has 0 aliphatic rings. The minimum Gasteiger partial charge on any atom is -0.495 e. The number of hydrogen-bond acceptors (Lipinski definition) is 7. The summed E-state index contributed by atoms with van der Waals surface area (Å²) in [6, 6.07) is 11.3. The first-order chi connectivity index (χ1) is 15.2. The maximum atomic E-state index is 12.7. The zero-order chi connectivity index (χ0) is 23.1. The number of amides is 1. The monoisotopic (exact) mass is 449 g/mol. The molecule has 0 fully saturated rings. The van der Waals surface area contributed by atoms with Gasteiger partial charge in [-0.05, 0) is 23.8 Å². The SMILES string of the molecule is COc1ccccc1NC(=O)Cc1noc(COC(=O)Cc2cccc(C(F)(F)F)c2)n1. The van der Waals surface area contributed by atoms with Gasteiger partial charge in [0.1, 0.15) is 5.75 Å². The quantitative estimate of drug-likeness (QED) is 0.525. The van der Waals surface area contributed by atoms with Crippen LogP contribution in [0, 0.1) is 0 Å². The van der Waals surface area contributed by atoms with E-state index in [9.17, 15) is 22.8 Å². The number of halogens is 3. The lowest BCUT2D eigenvalue weighted by Crippen LogP contribution is -2.15. The Bertz CT molecular complexity index is 1100. The summed E-state index contributed by atoms with van der Waals surface area (Å²) < 4.78 is 53.3. The van der Waals surface area contributed by atoms with Gasteiger partial charge in [0.15, 0.2) is 12.4 Å². The molecule has 1 aromatic heterocycles. The fourth-order valence-electron chi connectivity index (χ4n) is 2.72. The summed E-state index contributed by atoms with van der Waals surface area (Å²) in [6.45, 7) is -0.376. The predicted molar refractivity (Wildman–Crippen MR) is 105 cm³/mol. The molecule has 32 heavy (non-hydrogen) atoms. The van der Waals surface area contributed by atoms with Crippen molar-refractivity contribution in [1.29, 1.82) is 0 Å². The topological polar surface area (TPSA) is 104 Å². The van der Waals surface area contributed by atoms with Gasteiger partial charge in [0.05, 0.1) is 31.2 Å². The van der Waals surface area contributed by atoms with E-state index >= 15 is 0 Å². The number of carbonyl (C=O) groups excluding carboxylic acids is 2. The Hall–Kier alpha value is -3.89. The molecule has 1 heterocycles. The fourth-order valence-corrected chi connectivity index (χ4v) is 2.72. The Kier molecular flexibility index (Phi) is 7.08. The van der Waals surface area contributed by atoms with Crippen molar-refractivity contribution in [2.24, 2.45) is 0 Å². The number of methoxy groups -OCH3 is 1. The Morgan fingerprint density at radius 3 is 2.62 bits per heavy atom. The van der Waals surface area contributed by atoms with Crippen molar-refractivity contribution in [3.8, 4) is 5.75 Å². The average molecular weight is 449 g/mol. The van der Waals surface area contributed by atoms with Gasteiger partial charge in [-0.2, -0.15) is 18.2 Å². The molecule has 3 aromatic rings. The highest BCUT2D eigenvalue weighted by Gasteiger charge is 2.30. The van der Waals surface area contributed by atoms with Gasteiger partial charge in [0.25, 0.3) is 5.89 Å². The number of alkyl halides is 3. The third-order valence-corrected chi connectivity index (χ3v) is 4.17. The first-order valence-electron chi connectivity index (χ1n) is 9.30. The molecule has 0 spiro atoms. The standard InChI is InChI=1S/C21H18F3N3O5/c1-30-16-8-3-2-7-15(16)25-18(28)11-17-26-19(32-27-17)12-31-20(29)10-13-5-4-6-14(9-13)21(22,23)24/h2-9H,10-12H2,1H3,(H,25,28). The molecule has 0 bridgehead atoms. The number of hydrogen-bond donors (Lipinski definition) is 1. The Balaban J connectivity index is 1.50. The van der Waals surface area contributed by atoms with E-state index < -0.39 is 23.6 Å². The number of aromatic nitrogens is 2. The van der Waals surface area contributed by atoms with Gasteiger partial charge in [-0.25, -0.2) is 0 Å². The molecule has 0 aliphatic heterocycles. The van der Waals surface area contributed by atoms with Crippen LogP contribution in [-0.4, -0.2) is 29.1 Å². The number of rotatable bonds is 8. The maximum Gasteiger partial charge on any atom is 0.416 e. The van der Waals surface area contributed by atoms with Gasteiger partial charge < -0.3 is 19.3 Å². The van der Waals surface area contributed by atoms with E-state index in [1.165, 1.54) is 19.2 Å². The molecular formula is C21H18F3N3O5. The molecule has 0 aliphatic carbocycles. The van der Waals surface area contributed by atoms with Crippen LogP contribution in [0.5, 0.6) is 5.75 Å². The molecular weight excluding hydrogens is 431 g/mol. The van der Waals surface area contributed by atoms with Crippen molar-refractivity contribution < 1.29 is 36.8 Å². The van der Waals surface area contributed by atoms with Gasteiger partial charge in [-0.3, -0.25) is 9.59 Å². The highest BCUT2D eigenvalue weighted by molar-refractivity contribution is 5.93. The van der Waals surface area contributed by atoms with E-state index in [-0.39, 0.29) is 36.7 Å². The smallest absolute Gasteiger partial charge is 0.416 e. The summed E-state index contributed by atoms with van der Waals surface area (Å²) in [5.41, 5.74) is -0.216. The largest absolute Gasteiger partial charge is 0.495 e. The minimum absolute atomic E-state index is 0.0533. The second-order valence-electron chi connectivity index (χ2n) is 6.57.